The Morgan fingerprint density at radius 1 is 1.47 bits per heavy atom. The van der Waals surface area contributed by atoms with Gasteiger partial charge in [0.05, 0.1) is 0 Å². The number of thioether (sulfide) groups is 1. The molecule has 1 rings (SSSR count). The number of aliphatic hydroxyl groups is 1. The molecule has 0 aliphatic rings. The average Bonchev–Trinajstić information content (AvgIpc) is 2.30. The second-order valence-corrected chi connectivity index (χ2v) is 5.05. The van der Waals surface area contributed by atoms with E-state index in [9.17, 15) is 4.39 Å². The predicted molar refractivity (Wildman–Crippen MR) is 71.8 cm³/mol. The minimum Gasteiger partial charge on any atom is -0.396 e. The Kier molecular flexibility index (Phi) is 6.55. The summed E-state index contributed by atoms with van der Waals surface area (Å²) >= 11 is 1.72. The summed E-state index contributed by atoms with van der Waals surface area (Å²) in [6, 6.07) is 5.36. The molecule has 0 radical (unpaired) electrons. The van der Waals surface area contributed by atoms with E-state index in [1.54, 1.807) is 17.8 Å². The molecule has 0 spiro atoms. The van der Waals surface area contributed by atoms with Crippen molar-refractivity contribution in [1.82, 2.24) is 5.32 Å². The summed E-state index contributed by atoms with van der Waals surface area (Å²) in [5, 5.41) is 12.2. The van der Waals surface area contributed by atoms with Gasteiger partial charge in [-0.15, -0.1) is 0 Å². The van der Waals surface area contributed by atoms with Crippen LogP contribution < -0.4 is 5.32 Å². The molecular formula is C13H20FNOS. The Hall–Kier alpha value is -0.580. The van der Waals surface area contributed by atoms with Crippen molar-refractivity contribution >= 4 is 11.8 Å². The van der Waals surface area contributed by atoms with Gasteiger partial charge in [-0.2, -0.15) is 11.8 Å². The van der Waals surface area contributed by atoms with E-state index in [1.807, 2.05) is 19.2 Å². The van der Waals surface area contributed by atoms with Gasteiger partial charge in [0.25, 0.3) is 0 Å². The molecule has 0 bridgehead atoms. The lowest BCUT2D eigenvalue weighted by Gasteiger charge is -2.17. The fourth-order valence-corrected chi connectivity index (χ4v) is 2.38. The van der Waals surface area contributed by atoms with Gasteiger partial charge < -0.3 is 10.4 Å². The van der Waals surface area contributed by atoms with E-state index in [0.29, 0.717) is 18.5 Å². The fourth-order valence-electron chi connectivity index (χ4n) is 1.69. The first-order chi connectivity index (χ1) is 8.17. The number of aryl methyl sites for hydroxylation is 1. The van der Waals surface area contributed by atoms with E-state index >= 15 is 0 Å². The molecule has 0 amide bonds. The van der Waals surface area contributed by atoms with Crippen LogP contribution in [0.15, 0.2) is 18.2 Å². The van der Waals surface area contributed by atoms with Crippen LogP contribution >= 0.6 is 11.8 Å². The van der Waals surface area contributed by atoms with Crippen molar-refractivity contribution in [3.05, 3.63) is 35.1 Å². The van der Waals surface area contributed by atoms with Gasteiger partial charge in [-0.1, -0.05) is 17.7 Å². The normalized spacial score (nSPS) is 12.7. The maximum absolute atomic E-state index is 13.5. The number of hydrogen-bond acceptors (Lipinski definition) is 3. The van der Waals surface area contributed by atoms with Crippen molar-refractivity contribution in [2.75, 3.05) is 18.6 Å². The van der Waals surface area contributed by atoms with Crippen LogP contribution in [0.2, 0.25) is 0 Å². The molecule has 1 aromatic rings. The number of halogens is 1. The zero-order valence-electron chi connectivity index (χ0n) is 10.4. The molecule has 2 nitrogen and oxygen atoms in total. The molecule has 1 unspecified atom stereocenters. The van der Waals surface area contributed by atoms with Crippen molar-refractivity contribution in [3.63, 3.8) is 0 Å². The second-order valence-electron chi connectivity index (χ2n) is 4.14. The molecule has 1 aromatic carbocycles. The van der Waals surface area contributed by atoms with Gasteiger partial charge in [0.2, 0.25) is 0 Å². The molecular weight excluding hydrogens is 237 g/mol. The smallest absolute Gasteiger partial charge is 0.127 e. The Labute approximate surface area is 107 Å². The maximum Gasteiger partial charge on any atom is 0.127 e. The van der Waals surface area contributed by atoms with Gasteiger partial charge in [-0.05, 0) is 25.7 Å². The van der Waals surface area contributed by atoms with Crippen molar-refractivity contribution < 1.29 is 9.50 Å². The summed E-state index contributed by atoms with van der Waals surface area (Å²) in [6.07, 6.45) is 2.73. The third kappa shape index (κ3) is 5.06. The van der Waals surface area contributed by atoms with Gasteiger partial charge in [0.15, 0.2) is 0 Å². The molecule has 0 saturated carbocycles. The van der Waals surface area contributed by atoms with Crippen LogP contribution in [0.25, 0.3) is 0 Å². The fraction of sp³-hybridized carbons (Fsp3) is 0.538. The molecule has 17 heavy (non-hydrogen) atoms. The summed E-state index contributed by atoms with van der Waals surface area (Å²) in [4.78, 5) is 0. The summed E-state index contributed by atoms with van der Waals surface area (Å²) in [5.41, 5.74) is 1.75. The third-order valence-corrected chi connectivity index (χ3v) is 3.36. The Bertz CT molecular complexity index is 340. The van der Waals surface area contributed by atoms with Gasteiger partial charge >= 0.3 is 0 Å². The highest BCUT2D eigenvalue weighted by Gasteiger charge is 2.08. The van der Waals surface area contributed by atoms with Crippen molar-refractivity contribution in [2.24, 2.45) is 0 Å². The van der Waals surface area contributed by atoms with Gasteiger partial charge in [0.1, 0.15) is 5.82 Å². The highest BCUT2D eigenvalue weighted by atomic mass is 32.2. The summed E-state index contributed by atoms with van der Waals surface area (Å²) in [5.74, 6) is 0.753. The number of rotatable bonds is 7. The van der Waals surface area contributed by atoms with Crippen molar-refractivity contribution in [1.29, 1.82) is 0 Å². The first kappa shape index (κ1) is 14.5. The van der Waals surface area contributed by atoms with Gasteiger partial charge in [-0.25, -0.2) is 4.39 Å². The van der Waals surface area contributed by atoms with Crippen LogP contribution in [-0.2, 0) is 6.54 Å². The minimum absolute atomic E-state index is 0.161. The molecule has 4 heteroatoms. The lowest BCUT2D eigenvalue weighted by molar-refractivity contribution is 0.269. The quantitative estimate of drug-likeness (QED) is 0.786. The van der Waals surface area contributed by atoms with E-state index in [4.69, 9.17) is 5.11 Å². The van der Waals surface area contributed by atoms with E-state index in [-0.39, 0.29) is 18.5 Å². The first-order valence-electron chi connectivity index (χ1n) is 5.75. The Morgan fingerprint density at radius 3 is 2.88 bits per heavy atom. The van der Waals surface area contributed by atoms with Crippen LogP contribution in [0.5, 0.6) is 0 Å². The number of nitrogens with one attached hydrogen (secondary N) is 1. The lowest BCUT2D eigenvalue weighted by Crippen LogP contribution is -2.32. The average molecular weight is 257 g/mol. The number of hydrogen-bond donors (Lipinski definition) is 2. The lowest BCUT2D eigenvalue weighted by atomic mass is 10.1. The molecule has 0 saturated heterocycles. The van der Waals surface area contributed by atoms with Crippen molar-refractivity contribution in [2.45, 2.75) is 25.9 Å². The molecule has 2 N–H and O–H groups in total. The molecule has 0 fully saturated rings. The predicted octanol–water partition coefficient (Wildman–Crippen LogP) is 2.34. The molecule has 0 aliphatic carbocycles. The Morgan fingerprint density at radius 2 is 2.24 bits per heavy atom. The van der Waals surface area contributed by atoms with Gasteiger partial charge in [-0.3, -0.25) is 0 Å². The van der Waals surface area contributed by atoms with Crippen LogP contribution in [0, 0.1) is 12.7 Å². The molecule has 0 heterocycles. The zero-order valence-corrected chi connectivity index (χ0v) is 11.2. The van der Waals surface area contributed by atoms with E-state index in [2.05, 4.69) is 5.32 Å². The monoisotopic (exact) mass is 257 g/mol. The first-order valence-corrected chi connectivity index (χ1v) is 7.15. The number of benzene rings is 1. The van der Waals surface area contributed by atoms with E-state index in [0.717, 1.165) is 11.3 Å². The van der Waals surface area contributed by atoms with Crippen LogP contribution in [0.3, 0.4) is 0 Å². The highest BCUT2D eigenvalue weighted by molar-refractivity contribution is 7.98. The van der Waals surface area contributed by atoms with E-state index in [1.165, 1.54) is 6.07 Å². The van der Waals surface area contributed by atoms with Crippen LogP contribution in [0.4, 0.5) is 4.39 Å². The van der Waals surface area contributed by atoms with Crippen molar-refractivity contribution in [3.8, 4) is 0 Å². The molecule has 1 atom stereocenters. The highest BCUT2D eigenvalue weighted by Crippen LogP contribution is 2.11. The molecule has 0 aliphatic heterocycles. The molecule has 0 aromatic heterocycles. The maximum atomic E-state index is 13.5. The summed E-state index contributed by atoms with van der Waals surface area (Å²) in [7, 11) is 0. The van der Waals surface area contributed by atoms with Crippen LogP contribution in [0.1, 0.15) is 17.5 Å². The SMILES string of the molecule is CSCC(CCO)NCc1cc(C)ccc1F. The standard InChI is InChI=1S/C13H20FNOS/c1-10-3-4-13(14)11(7-10)8-15-12(5-6-16)9-17-2/h3-4,7,12,15-16H,5-6,8-9H2,1-2H3. The van der Waals surface area contributed by atoms with Gasteiger partial charge in [0, 0.05) is 30.5 Å². The zero-order chi connectivity index (χ0) is 12.7. The van der Waals surface area contributed by atoms with E-state index < -0.39 is 0 Å². The summed E-state index contributed by atoms with van der Waals surface area (Å²) < 4.78 is 13.5. The minimum atomic E-state index is -0.171. The number of aliphatic hydroxyl groups excluding tert-OH is 1. The molecule has 96 valence electrons. The largest absolute Gasteiger partial charge is 0.396 e. The Balaban J connectivity index is 2.55. The topological polar surface area (TPSA) is 32.3 Å². The second kappa shape index (κ2) is 7.69. The summed E-state index contributed by atoms with van der Waals surface area (Å²) in [6.45, 7) is 2.63. The van der Waals surface area contributed by atoms with Crippen LogP contribution in [-0.4, -0.2) is 29.8 Å². The third-order valence-electron chi connectivity index (χ3n) is 2.63.